The Labute approximate surface area is 60.3 Å². The van der Waals surface area contributed by atoms with Crippen molar-refractivity contribution in [1.29, 1.82) is 0 Å². The zero-order valence-corrected chi connectivity index (χ0v) is 6.13. The Balaban J connectivity index is 2.42. The van der Waals surface area contributed by atoms with Crippen molar-refractivity contribution in [3.63, 3.8) is 0 Å². The van der Waals surface area contributed by atoms with Gasteiger partial charge in [-0.25, -0.2) is 5.01 Å². The maximum atomic E-state index is 10.8. The lowest BCUT2D eigenvalue weighted by molar-refractivity contribution is -0.129. The van der Waals surface area contributed by atoms with Crippen LogP contribution in [-0.2, 0) is 4.79 Å². The molecule has 0 bridgehead atoms. The standard InChI is InChI=1S/C6H13N3O/c1-9-4-5(3-7)2-6(10)8-9/h5H,2-4,7H2,1H3,(H,8,10). The summed E-state index contributed by atoms with van der Waals surface area (Å²) in [5.74, 6) is 0.406. The van der Waals surface area contributed by atoms with Crippen molar-refractivity contribution in [2.45, 2.75) is 6.42 Å². The Bertz CT molecular complexity index is 137. The third-order valence-electron chi connectivity index (χ3n) is 1.66. The number of hydrogen-bond donors (Lipinski definition) is 2. The summed E-state index contributed by atoms with van der Waals surface area (Å²) in [6.07, 6.45) is 0.570. The molecule has 0 aliphatic carbocycles. The fourth-order valence-electron chi connectivity index (χ4n) is 1.18. The molecule has 1 heterocycles. The number of carbonyl (C=O) groups is 1. The minimum absolute atomic E-state index is 0.0733. The Morgan fingerprint density at radius 3 is 3.10 bits per heavy atom. The summed E-state index contributed by atoms with van der Waals surface area (Å²) in [4.78, 5) is 10.8. The molecule has 4 nitrogen and oxygen atoms in total. The normalized spacial score (nSPS) is 28.2. The van der Waals surface area contributed by atoms with Gasteiger partial charge in [-0.2, -0.15) is 0 Å². The number of rotatable bonds is 1. The quantitative estimate of drug-likeness (QED) is 0.491. The highest BCUT2D eigenvalue weighted by atomic mass is 16.2. The zero-order valence-electron chi connectivity index (χ0n) is 6.13. The Morgan fingerprint density at radius 1 is 1.90 bits per heavy atom. The molecule has 1 atom stereocenters. The fraction of sp³-hybridized carbons (Fsp3) is 0.833. The molecule has 1 aliphatic rings. The van der Waals surface area contributed by atoms with Crippen LogP contribution in [0, 0.1) is 5.92 Å². The first-order valence-corrected chi connectivity index (χ1v) is 3.43. The molecule has 1 fully saturated rings. The van der Waals surface area contributed by atoms with Crippen molar-refractivity contribution in [3.8, 4) is 0 Å². The molecule has 0 aromatic rings. The van der Waals surface area contributed by atoms with Crippen LogP contribution in [0.15, 0.2) is 0 Å². The van der Waals surface area contributed by atoms with Gasteiger partial charge in [0.05, 0.1) is 0 Å². The highest BCUT2D eigenvalue weighted by Gasteiger charge is 2.20. The SMILES string of the molecule is CN1CC(CN)CC(=O)N1. The third-order valence-corrected chi connectivity index (χ3v) is 1.66. The van der Waals surface area contributed by atoms with Crippen molar-refractivity contribution >= 4 is 5.91 Å². The third kappa shape index (κ3) is 1.68. The molecule has 0 spiro atoms. The number of nitrogens with two attached hydrogens (primary N) is 1. The second kappa shape index (κ2) is 2.98. The molecule has 4 heteroatoms. The van der Waals surface area contributed by atoms with Crippen LogP contribution < -0.4 is 11.2 Å². The van der Waals surface area contributed by atoms with E-state index in [9.17, 15) is 4.79 Å². The van der Waals surface area contributed by atoms with Crippen molar-refractivity contribution in [2.75, 3.05) is 20.1 Å². The van der Waals surface area contributed by atoms with Crippen molar-refractivity contribution < 1.29 is 4.79 Å². The minimum atomic E-state index is 0.0733. The van der Waals surface area contributed by atoms with Gasteiger partial charge in [0, 0.05) is 20.0 Å². The molecular formula is C6H13N3O. The summed E-state index contributed by atoms with van der Waals surface area (Å²) in [6, 6.07) is 0. The summed E-state index contributed by atoms with van der Waals surface area (Å²) in [6.45, 7) is 1.46. The predicted molar refractivity (Wildman–Crippen MR) is 37.9 cm³/mol. The van der Waals surface area contributed by atoms with Crippen LogP contribution >= 0.6 is 0 Å². The minimum Gasteiger partial charge on any atom is -0.330 e. The lowest BCUT2D eigenvalue weighted by Gasteiger charge is -2.28. The number of carbonyl (C=O) groups excluding carboxylic acids is 1. The molecule has 1 aliphatic heterocycles. The number of hydrazine groups is 1. The number of nitrogens with one attached hydrogen (secondary N) is 1. The number of amides is 1. The number of nitrogens with zero attached hydrogens (tertiary/aromatic N) is 1. The maximum Gasteiger partial charge on any atom is 0.234 e. The molecule has 3 N–H and O–H groups in total. The van der Waals surface area contributed by atoms with E-state index < -0.39 is 0 Å². The van der Waals surface area contributed by atoms with Crippen LogP contribution in [0.3, 0.4) is 0 Å². The van der Waals surface area contributed by atoms with Crippen LogP contribution in [0.5, 0.6) is 0 Å². The van der Waals surface area contributed by atoms with Gasteiger partial charge in [0.15, 0.2) is 0 Å². The van der Waals surface area contributed by atoms with Gasteiger partial charge in [0.2, 0.25) is 5.91 Å². The van der Waals surface area contributed by atoms with E-state index >= 15 is 0 Å². The van der Waals surface area contributed by atoms with E-state index in [0.29, 0.717) is 18.9 Å². The van der Waals surface area contributed by atoms with Crippen LogP contribution in [0.1, 0.15) is 6.42 Å². The smallest absolute Gasteiger partial charge is 0.234 e. The van der Waals surface area contributed by atoms with Gasteiger partial charge in [-0.15, -0.1) is 0 Å². The summed E-state index contributed by atoms with van der Waals surface area (Å²) < 4.78 is 0. The highest BCUT2D eigenvalue weighted by molar-refractivity contribution is 5.76. The Hall–Kier alpha value is -0.610. The summed E-state index contributed by atoms with van der Waals surface area (Å²) in [7, 11) is 1.85. The highest BCUT2D eigenvalue weighted by Crippen LogP contribution is 2.06. The second-order valence-corrected chi connectivity index (χ2v) is 2.72. The van der Waals surface area contributed by atoms with E-state index in [0.717, 1.165) is 6.54 Å². The average Bonchev–Trinajstić information content (AvgIpc) is 1.85. The molecular weight excluding hydrogens is 130 g/mol. The topological polar surface area (TPSA) is 58.4 Å². The monoisotopic (exact) mass is 143 g/mol. The summed E-state index contributed by atoms with van der Waals surface area (Å²) >= 11 is 0. The van der Waals surface area contributed by atoms with Crippen molar-refractivity contribution in [2.24, 2.45) is 11.7 Å². The number of hydrogen-bond acceptors (Lipinski definition) is 3. The van der Waals surface area contributed by atoms with Gasteiger partial charge in [-0.3, -0.25) is 10.2 Å². The molecule has 1 rings (SSSR count). The predicted octanol–water partition coefficient (Wildman–Crippen LogP) is -1.07. The molecule has 58 valence electrons. The summed E-state index contributed by atoms with van der Waals surface area (Å²) in [5, 5.41) is 1.78. The molecule has 1 amide bonds. The largest absolute Gasteiger partial charge is 0.330 e. The molecule has 0 aromatic carbocycles. The molecule has 0 saturated carbocycles. The van der Waals surface area contributed by atoms with Gasteiger partial charge in [-0.1, -0.05) is 0 Å². The van der Waals surface area contributed by atoms with Gasteiger partial charge in [-0.05, 0) is 12.5 Å². The molecule has 1 unspecified atom stereocenters. The lowest BCUT2D eigenvalue weighted by Crippen LogP contribution is -2.49. The average molecular weight is 143 g/mol. The van der Waals surface area contributed by atoms with Gasteiger partial charge in [0.25, 0.3) is 0 Å². The van der Waals surface area contributed by atoms with E-state index in [1.165, 1.54) is 0 Å². The molecule has 10 heavy (non-hydrogen) atoms. The Kier molecular flexibility index (Phi) is 2.24. The van der Waals surface area contributed by atoms with Crippen LogP contribution in [0.2, 0.25) is 0 Å². The summed E-state index contributed by atoms with van der Waals surface area (Å²) in [5.41, 5.74) is 8.10. The maximum absolute atomic E-state index is 10.8. The van der Waals surface area contributed by atoms with Crippen LogP contribution in [0.4, 0.5) is 0 Å². The van der Waals surface area contributed by atoms with E-state index in [2.05, 4.69) is 5.43 Å². The molecule has 0 aromatic heterocycles. The zero-order chi connectivity index (χ0) is 7.56. The van der Waals surface area contributed by atoms with E-state index in [4.69, 9.17) is 5.73 Å². The molecule has 1 saturated heterocycles. The fourth-order valence-corrected chi connectivity index (χ4v) is 1.18. The van der Waals surface area contributed by atoms with Gasteiger partial charge < -0.3 is 5.73 Å². The Morgan fingerprint density at radius 2 is 2.60 bits per heavy atom. The van der Waals surface area contributed by atoms with Crippen LogP contribution in [-0.4, -0.2) is 31.1 Å². The van der Waals surface area contributed by atoms with Gasteiger partial charge >= 0.3 is 0 Å². The van der Waals surface area contributed by atoms with Crippen LogP contribution in [0.25, 0.3) is 0 Å². The van der Waals surface area contributed by atoms with Gasteiger partial charge in [0.1, 0.15) is 0 Å². The lowest BCUT2D eigenvalue weighted by atomic mass is 10.0. The van der Waals surface area contributed by atoms with E-state index in [-0.39, 0.29) is 5.91 Å². The van der Waals surface area contributed by atoms with E-state index in [1.807, 2.05) is 7.05 Å². The first kappa shape index (κ1) is 7.50. The van der Waals surface area contributed by atoms with Crippen molar-refractivity contribution in [1.82, 2.24) is 10.4 Å². The van der Waals surface area contributed by atoms with E-state index in [1.54, 1.807) is 5.01 Å². The second-order valence-electron chi connectivity index (χ2n) is 2.72. The first-order valence-electron chi connectivity index (χ1n) is 3.43. The molecule has 0 radical (unpaired) electrons. The van der Waals surface area contributed by atoms with Crippen molar-refractivity contribution in [3.05, 3.63) is 0 Å². The first-order chi connectivity index (χ1) is 4.72.